The molecule has 0 aromatic heterocycles. The van der Waals surface area contributed by atoms with E-state index in [0.717, 1.165) is 198 Å². The minimum Gasteiger partial charge on any atom is -0.507 e. The van der Waals surface area contributed by atoms with E-state index in [1.165, 1.54) is 63.9 Å². The molecule has 8 fully saturated rings. The topological polar surface area (TPSA) is 238 Å². The molecule has 8 heterocycles. The Labute approximate surface area is 820 Å². The number of aliphatic hydroxyl groups is 3. The SMILES string of the molecule is CN1CC/C(=C/c2ccccc2O)C1=O.CN1CC/C(=C/c2ccccc2OC[C@@H](O)CN2CCC(c3ccc4c(c3)CCCC4)CC2)C1=O.CN1CC/C(=C/c2ccccc2OC[C@@H](O)CN2CCC(c3ccc4ccccc4c3)CC2)C1=O.CN1CC/C(=C/c2ccccc2OC[C@H](O)CN2CCC(c3ccc4ccccc4c3)CC2)C1=O.COCCN1CC/C(=C/c2ccccc2OC)C1=O. The van der Waals surface area contributed by atoms with Gasteiger partial charge in [-0.2, -0.15) is 0 Å². The summed E-state index contributed by atoms with van der Waals surface area (Å²) >= 11 is 0. The third kappa shape index (κ3) is 27.8. The minimum absolute atomic E-state index is 0.0539. The van der Waals surface area contributed by atoms with Crippen LogP contribution in [-0.4, -0.2) is 274 Å². The van der Waals surface area contributed by atoms with Crippen molar-refractivity contribution in [1.29, 1.82) is 0 Å². The molecule has 10 aromatic rings. The molecule has 730 valence electrons. The Morgan fingerprint density at radius 2 is 0.633 bits per heavy atom. The zero-order valence-corrected chi connectivity index (χ0v) is 81.7. The van der Waals surface area contributed by atoms with Crippen molar-refractivity contribution in [3.05, 3.63) is 308 Å². The number of hydrogen-bond donors (Lipinski definition) is 4. The van der Waals surface area contributed by atoms with Crippen LogP contribution in [0.5, 0.6) is 28.7 Å². The number of fused-ring (bicyclic) bond motifs is 3. The van der Waals surface area contributed by atoms with Crippen molar-refractivity contribution < 1.29 is 68.1 Å². The summed E-state index contributed by atoms with van der Waals surface area (Å²) < 4.78 is 28.3. The Morgan fingerprint density at radius 1 is 0.324 bits per heavy atom. The van der Waals surface area contributed by atoms with Gasteiger partial charge >= 0.3 is 0 Å². The van der Waals surface area contributed by atoms with Crippen LogP contribution in [0.1, 0.15) is 157 Å². The number of likely N-dealkylation sites (N-methyl/N-ethyl adjacent to an activating group) is 4. The lowest BCUT2D eigenvalue weighted by molar-refractivity contribution is -0.125. The number of carbonyl (C=O) groups excluding carboxylic acids is 5. The number of rotatable bonds is 27. The average molecular weight is 1880 g/mol. The van der Waals surface area contributed by atoms with Crippen LogP contribution in [0.4, 0.5) is 0 Å². The second-order valence-electron chi connectivity index (χ2n) is 38.3. The number of phenols is 1. The number of β-amino-alcohol motifs (C(OH)–C–C–N with tert-alkyl or cyclic N) is 3. The maximum atomic E-state index is 12.3. The van der Waals surface area contributed by atoms with Crippen molar-refractivity contribution in [2.75, 3.05) is 167 Å². The molecule has 0 bridgehead atoms. The smallest absolute Gasteiger partial charge is 0.249 e. The van der Waals surface area contributed by atoms with Crippen LogP contribution in [-0.2, 0) is 41.6 Å². The normalized spacial score (nSPS) is 19.6. The Kier molecular flexibility index (Phi) is 36.2. The monoisotopic (exact) mass is 1880 g/mol. The molecule has 3 atom stereocenters. The minimum atomic E-state index is -0.563. The van der Waals surface area contributed by atoms with Crippen LogP contribution in [0.2, 0.25) is 0 Å². The van der Waals surface area contributed by atoms with E-state index in [1.807, 2.05) is 153 Å². The largest absolute Gasteiger partial charge is 0.507 e. The fourth-order valence-corrected chi connectivity index (χ4v) is 20.1. The number of hydrogen-bond acceptors (Lipinski definition) is 17. The molecule has 1 aliphatic carbocycles. The number of aromatic hydroxyl groups is 1. The molecule has 0 spiro atoms. The Morgan fingerprint density at radius 3 is 1.00 bits per heavy atom. The van der Waals surface area contributed by atoms with Gasteiger partial charge in [-0.25, -0.2) is 0 Å². The molecule has 19 rings (SSSR count). The summed E-state index contributed by atoms with van der Waals surface area (Å²) in [5.41, 5.74) is 15.8. The van der Waals surface area contributed by atoms with Gasteiger partial charge in [0, 0.05) is 150 Å². The molecule has 8 saturated heterocycles. The van der Waals surface area contributed by atoms with Gasteiger partial charge in [-0.1, -0.05) is 194 Å². The maximum Gasteiger partial charge on any atom is 0.249 e. The first-order valence-electron chi connectivity index (χ1n) is 49.8. The number of benzene rings is 10. The number of aryl methyl sites for hydroxylation is 2. The third-order valence-corrected chi connectivity index (χ3v) is 28.4. The maximum absolute atomic E-state index is 12.3. The zero-order valence-electron chi connectivity index (χ0n) is 81.7. The average Bonchev–Trinajstić information content (AvgIpc) is 1.81. The lowest BCUT2D eigenvalue weighted by atomic mass is 9.84. The van der Waals surface area contributed by atoms with Crippen LogP contribution in [0, 0.1) is 0 Å². The number of nitrogens with zero attached hydrogens (tertiary/aromatic N) is 8. The number of piperidine rings is 3. The summed E-state index contributed by atoms with van der Waals surface area (Å²) in [6.45, 7) is 13.5. The molecule has 10 aromatic carbocycles. The van der Waals surface area contributed by atoms with Crippen molar-refractivity contribution in [3.63, 3.8) is 0 Å². The number of methoxy groups -OCH3 is 2. The highest BCUT2D eigenvalue weighted by molar-refractivity contribution is 6.03. The fourth-order valence-electron chi connectivity index (χ4n) is 20.1. The highest BCUT2D eigenvalue weighted by Crippen LogP contribution is 2.38. The molecule has 4 N–H and O–H groups in total. The van der Waals surface area contributed by atoms with E-state index in [2.05, 4.69) is 118 Å². The van der Waals surface area contributed by atoms with Crippen LogP contribution in [0.15, 0.2) is 252 Å². The number of carbonyl (C=O) groups is 5. The first-order valence-corrected chi connectivity index (χ1v) is 49.8. The molecule has 139 heavy (non-hydrogen) atoms. The number of likely N-dealkylation sites (tertiary alicyclic amines) is 8. The van der Waals surface area contributed by atoms with E-state index in [1.54, 1.807) is 76.3 Å². The Balaban J connectivity index is 0.000000136. The molecule has 0 unspecified atom stereocenters. The molecule has 0 radical (unpaired) electrons. The highest BCUT2D eigenvalue weighted by atomic mass is 16.5. The molecular formula is C117H138N8O14. The van der Waals surface area contributed by atoms with E-state index in [-0.39, 0.29) is 55.1 Å². The van der Waals surface area contributed by atoms with Crippen LogP contribution in [0.3, 0.4) is 0 Å². The summed E-state index contributed by atoms with van der Waals surface area (Å²) in [4.78, 5) is 76.3. The van der Waals surface area contributed by atoms with Gasteiger partial charge in [0.05, 0.1) is 13.7 Å². The molecule has 0 saturated carbocycles. The lowest BCUT2D eigenvalue weighted by Gasteiger charge is -2.33. The van der Waals surface area contributed by atoms with Gasteiger partial charge in [0.1, 0.15) is 66.9 Å². The molecule has 9 aliphatic rings. The van der Waals surface area contributed by atoms with Crippen molar-refractivity contribution in [2.24, 2.45) is 0 Å². The number of aliphatic hydroxyl groups excluding tert-OH is 3. The van der Waals surface area contributed by atoms with Crippen LogP contribution in [0.25, 0.3) is 51.9 Å². The van der Waals surface area contributed by atoms with E-state index >= 15 is 0 Å². The van der Waals surface area contributed by atoms with Crippen LogP contribution < -0.4 is 18.9 Å². The summed E-state index contributed by atoms with van der Waals surface area (Å²) in [5, 5.41) is 46.8. The fraction of sp³-hybridized carbons (Fsp3) is 0.393. The third-order valence-electron chi connectivity index (χ3n) is 28.4. The Hall–Kier alpha value is -12.5. The first kappa shape index (κ1) is 101. The first-order chi connectivity index (χ1) is 67.6. The molecule has 22 heteroatoms. The van der Waals surface area contributed by atoms with Crippen molar-refractivity contribution >= 4 is 81.5 Å². The van der Waals surface area contributed by atoms with Gasteiger partial charge < -0.3 is 83.3 Å². The standard InChI is InChI=1S/C30H38N2O3.2C30H34N2O3.C15H19NO3.C12H13NO2/c3*1-31-15-12-27(30(31)34)19-26-8-4-5-9-29(26)35-21-28(33)20-32-16-13-23(14-17-32)25-11-10-22-6-2-3-7-24(22)18-25;1-18-10-9-16-8-7-13(15(16)17)11-12-5-3-4-6-14(12)19-2;1-13-7-6-10(12(13)15)8-9-4-2-3-5-11(9)14/h4-5,8-11,18-19,23,28,33H,2-3,6-7,12-17,20-21H2,1H3;2*2-11,18-19,23,28,33H,12-17,20-21H2,1H3;3-6,11H,7-10H2,1-2H3;2-5,8,14H,6-7H2,1H3/b3*27-19-;13-11-;10-8-/t3*28-;;/m010../s1. The number of ether oxygens (including phenoxy) is 5. The Bertz CT molecular complexity index is 5830. The highest BCUT2D eigenvalue weighted by Gasteiger charge is 2.32. The van der Waals surface area contributed by atoms with Gasteiger partial charge in [0.25, 0.3) is 0 Å². The number of para-hydroxylation sites is 5. The predicted octanol–water partition coefficient (Wildman–Crippen LogP) is 17.4. The summed E-state index contributed by atoms with van der Waals surface area (Å²) in [7, 11) is 10.6. The predicted molar refractivity (Wildman–Crippen MR) is 553 cm³/mol. The number of phenolic OH excluding ortho intramolecular Hbond substituents is 1. The summed E-state index contributed by atoms with van der Waals surface area (Å²) in [6, 6.07) is 75.9. The van der Waals surface area contributed by atoms with E-state index in [9.17, 15) is 44.4 Å². The van der Waals surface area contributed by atoms with Crippen molar-refractivity contribution in [2.45, 2.75) is 132 Å². The lowest BCUT2D eigenvalue weighted by Crippen LogP contribution is -2.40. The molecule has 22 nitrogen and oxygen atoms in total. The number of amides is 5. The van der Waals surface area contributed by atoms with E-state index < -0.39 is 18.3 Å². The second kappa shape index (κ2) is 49.9. The van der Waals surface area contributed by atoms with Gasteiger partial charge in [0.15, 0.2) is 0 Å². The van der Waals surface area contributed by atoms with Gasteiger partial charge in [0.2, 0.25) is 29.5 Å². The molecule has 8 aliphatic heterocycles. The summed E-state index contributed by atoms with van der Waals surface area (Å²) in [5.74, 6) is 5.29. The van der Waals surface area contributed by atoms with Gasteiger partial charge in [-0.3, -0.25) is 24.0 Å². The van der Waals surface area contributed by atoms with E-state index in [0.29, 0.717) is 73.4 Å². The van der Waals surface area contributed by atoms with E-state index in [4.69, 9.17) is 23.7 Å². The summed E-state index contributed by atoms with van der Waals surface area (Å²) in [6.07, 6.45) is 23.4. The molecule has 5 amide bonds. The quantitative estimate of drug-likeness (QED) is 0.0350. The van der Waals surface area contributed by atoms with Gasteiger partial charge in [-0.05, 0) is 263 Å². The molecular weight excluding hydrogens is 1740 g/mol. The van der Waals surface area contributed by atoms with Crippen molar-refractivity contribution in [3.8, 4) is 28.7 Å². The van der Waals surface area contributed by atoms with Crippen LogP contribution >= 0.6 is 0 Å². The zero-order chi connectivity index (χ0) is 97.1. The second-order valence-corrected chi connectivity index (χ2v) is 38.3. The van der Waals surface area contributed by atoms with Crippen molar-refractivity contribution in [1.82, 2.24) is 39.2 Å². The van der Waals surface area contributed by atoms with Gasteiger partial charge in [-0.15, -0.1) is 0 Å².